The predicted molar refractivity (Wildman–Crippen MR) is 59.2 cm³/mol. The smallest absolute Gasteiger partial charge is 0.338 e. The van der Waals surface area contributed by atoms with Gasteiger partial charge in [-0.25, -0.2) is 9.98 Å². The van der Waals surface area contributed by atoms with Crippen LogP contribution in [0.1, 0.15) is 12.0 Å². The molecule has 5 nitrogen and oxygen atoms in total. The van der Waals surface area contributed by atoms with Crippen molar-refractivity contribution in [1.29, 1.82) is 0 Å². The van der Waals surface area contributed by atoms with Gasteiger partial charge in [-0.05, 0) is 30.5 Å². The second-order valence-electron chi connectivity index (χ2n) is 3.59. The summed E-state index contributed by atoms with van der Waals surface area (Å²) in [6.07, 6.45) is 1.06. The zero-order valence-corrected chi connectivity index (χ0v) is 9.57. The van der Waals surface area contributed by atoms with Gasteiger partial charge in [-0.3, -0.25) is 9.59 Å². The molecule has 1 aliphatic rings. The third-order valence-corrected chi connectivity index (χ3v) is 2.57. The standard InChI is InChI=1S/C11H9ClN2O3/c12-7-4-6(2-1-3-15)9-8(5-7)13-10(16)11(17)14-9/h4-5,15H,1-3H2. The number of amides is 2. The van der Waals surface area contributed by atoms with E-state index in [1.165, 1.54) is 6.07 Å². The average molecular weight is 253 g/mol. The number of fused-ring (bicyclic) bond motifs is 1. The van der Waals surface area contributed by atoms with Gasteiger partial charge in [-0.1, -0.05) is 11.6 Å². The number of carbonyl (C=O) groups is 2. The number of rotatable bonds is 3. The van der Waals surface area contributed by atoms with Crippen LogP contribution in [0.25, 0.3) is 0 Å². The maximum Gasteiger partial charge on any atom is 0.338 e. The lowest BCUT2D eigenvalue weighted by atomic mass is 10.1. The second-order valence-corrected chi connectivity index (χ2v) is 4.03. The summed E-state index contributed by atoms with van der Waals surface area (Å²) < 4.78 is 0. The number of aliphatic hydroxyl groups is 1. The van der Waals surface area contributed by atoms with Gasteiger partial charge in [0.15, 0.2) is 0 Å². The summed E-state index contributed by atoms with van der Waals surface area (Å²) in [4.78, 5) is 29.6. The van der Waals surface area contributed by atoms with Gasteiger partial charge >= 0.3 is 11.8 Å². The molecule has 0 fully saturated rings. The van der Waals surface area contributed by atoms with Crippen molar-refractivity contribution in [2.75, 3.05) is 6.61 Å². The number of benzene rings is 1. The SMILES string of the molecule is O=C1N=c2cc(Cl)cc(CCCO)c2=NC1=O. The Labute approximate surface area is 101 Å². The fraction of sp³-hybridized carbons (Fsp3) is 0.273. The molecule has 2 amide bonds. The Morgan fingerprint density at radius 2 is 1.88 bits per heavy atom. The first-order valence-electron chi connectivity index (χ1n) is 5.07. The molecule has 1 aromatic rings. The molecule has 17 heavy (non-hydrogen) atoms. The van der Waals surface area contributed by atoms with Crippen molar-refractivity contribution < 1.29 is 14.7 Å². The van der Waals surface area contributed by atoms with Gasteiger partial charge in [-0.2, -0.15) is 0 Å². The maximum absolute atomic E-state index is 11.2. The van der Waals surface area contributed by atoms with Crippen molar-refractivity contribution in [1.82, 2.24) is 0 Å². The number of nitrogens with zero attached hydrogens (tertiary/aromatic N) is 2. The normalized spacial score (nSPS) is 14.0. The van der Waals surface area contributed by atoms with E-state index in [4.69, 9.17) is 16.7 Å². The summed E-state index contributed by atoms with van der Waals surface area (Å²) in [6.45, 7) is 0.0330. The van der Waals surface area contributed by atoms with Crippen molar-refractivity contribution in [2.24, 2.45) is 9.98 Å². The minimum atomic E-state index is -0.882. The van der Waals surface area contributed by atoms with Crippen LogP contribution in [0, 0.1) is 0 Å². The first kappa shape index (κ1) is 11.9. The van der Waals surface area contributed by atoms with E-state index in [2.05, 4.69) is 9.98 Å². The minimum Gasteiger partial charge on any atom is -0.396 e. The van der Waals surface area contributed by atoms with Crippen molar-refractivity contribution in [3.8, 4) is 0 Å². The molecule has 88 valence electrons. The molecule has 6 heteroatoms. The van der Waals surface area contributed by atoms with E-state index < -0.39 is 11.8 Å². The summed E-state index contributed by atoms with van der Waals surface area (Å²) in [5.74, 6) is -1.75. The largest absolute Gasteiger partial charge is 0.396 e. The molecular formula is C11H9ClN2O3. The Morgan fingerprint density at radius 1 is 1.18 bits per heavy atom. The summed E-state index contributed by atoms with van der Waals surface area (Å²) in [5.41, 5.74) is 0.714. The zero-order chi connectivity index (χ0) is 12.4. The quantitative estimate of drug-likeness (QED) is 0.742. The van der Waals surface area contributed by atoms with Gasteiger partial charge in [0.05, 0.1) is 10.7 Å². The molecule has 1 aliphatic heterocycles. The van der Waals surface area contributed by atoms with Crippen molar-refractivity contribution in [3.63, 3.8) is 0 Å². The molecule has 2 rings (SSSR count). The molecule has 0 saturated heterocycles. The van der Waals surface area contributed by atoms with Gasteiger partial charge in [0.1, 0.15) is 0 Å². The van der Waals surface area contributed by atoms with Gasteiger partial charge < -0.3 is 5.11 Å². The fourth-order valence-electron chi connectivity index (χ4n) is 1.62. The Morgan fingerprint density at radius 3 is 2.59 bits per heavy atom. The van der Waals surface area contributed by atoms with Crippen LogP contribution < -0.4 is 10.7 Å². The van der Waals surface area contributed by atoms with Crippen LogP contribution in [-0.4, -0.2) is 23.5 Å². The minimum absolute atomic E-state index is 0.0330. The van der Waals surface area contributed by atoms with Crippen LogP contribution in [0.3, 0.4) is 0 Å². The summed E-state index contributed by atoms with van der Waals surface area (Å²) in [5, 5.41) is 9.91. The van der Waals surface area contributed by atoms with E-state index in [0.29, 0.717) is 34.1 Å². The van der Waals surface area contributed by atoms with Gasteiger partial charge in [0, 0.05) is 11.6 Å². The molecule has 0 bridgehead atoms. The van der Waals surface area contributed by atoms with Gasteiger partial charge in [-0.15, -0.1) is 0 Å². The lowest BCUT2D eigenvalue weighted by Gasteiger charge is -2.04. The van der Waals surface area contributed by atoms with Crippen LogP contribution in [0.4, 0.5) is 0 Å². The van der Waals surface area contributed by atoms with E-state index in [-0.39, 0.29) is 6.61 Å². The van der Waals surface area contributed by atoms with E-state index in [1.807, 2.05) is 0 Å². The van der Waals surface area contributed by atoms with E-state index in [9.17, 15) is 9.59 Å². The fourth-order valence-corrected chi connectivity index (χ4v) is 1.86. The number of carbonyl (C=O) groups excluding carboxylic acids is 2. The monoisotopic (exact) mass is 252 g/mol. The third-order valence-electron chi connectivity index (χ3n) is 2.36. The number of hydrogen-bond acceptors (Lipinski definition) is 3. The van der Waals surface area contributed by atoms with Crippen molar-refractivity contribution >= 4 is 23.4 Å². The van der Waals surface area contributed by atoms with E-state index in [0.717, 1.165) is 0 Å². The molecule has 1 aromatic carbocycles. The molecule has 0 aromatic heterocycles. The molecular weight excluding hydrogens is 244 g/mol. The lowest BCUT2D eigenvalue weighted by Crippen LogP contribution is -2.37. The van der Waals surface area contributed by atoms with Crippen molar-refractivity contribution in [2.45, 2.75) is 12.8 Å². The molecule has 0 unspecified atom stereocenters. The maximum atomic E-state index is 11.2. The Hall–Kier alpha value is -1.59. The summed E-state index contributed by atoms with van der Waals surface area (Å²) in [7, 11) is 0. The number of aryl methyl sites for hydroxylation is 1. The molecule has 0 aliphatic carbocycles. The highest BCUT2D eigenvalue weighted by Crippen LogP contribution is 2.07. The molecule has 0 atom stereocenters. The topological polar surface area (TPSA) is 79.1 Å². The molecule has 1 N–H and O–H groups in total. The number of aliphatic hydroxyl groups excluding tert-OH is 1. The highest BCUT2D eigenvalue weighted by molar-refractivity contribution is 6.36. The molecule has 0 radical (unpaired) electrons. The Balaban J connectivity index is 2.63. The van der Waals surface area contributed by atoms with Crippen LogP contribution in [0.2, 0.25) is 5.02 Å². The molecule has 0 saturated carbocycles. The first-order valence-corrected chi connectivity index (χ1v) is 5.44. The van der Waals surface area contributed by atoms with Crippen LogP contribution in [0.15, 0.2) is 22.1 Å². The average Bonchev–Trinajstić information content (AvgIpc) is 2.28. The van der Waals surface area contributed by atoms with Gasteiger partial charge in [0.25, 0.3) is 0 Å². The third kappa shape index (κ3) is 2.40. The number of hydrogen-bond donors (Lipinski definition) is 1. The van der Waals surface area contributed by atoms with Gasteiger partial charge in [0.2, 0.25) is 0 Å². The summed E-state index contributed by atoms with van der Waals surface area (Å²) >= 11 is 5.88. The predicted octanol–water partition coefficient (Wildman–Crippen LogP) is -0.429. The first-order chi connectivity index (χ1) is 8.11. The number of halogens is 1. The highest BCUT2D eigenvalue weighted by atomic mass is 35.5. The van der Waals surface area contributed by atoms with Crippen LogP contribution in [-0.2, 0) is 16.0 Å². The van der Waals surface area contributed by atoms with Crippen LogP contribution >= 0.6 is 11.6 Å². The van der Waals surface area contributed by atoms with Crippen molar-refractivity contribution in [3.05, 3.63) is 33.4 Å². The second kappa shape index (κ2) is 4.73. The van der Waals surface area contributed by atoms with E-state index in [1.54, 1.807) is 6.07 Å². The highest BCUT2D eigenvalue weighted by Gasteiger charge is 2.17. The van der Waals surface area contributed by atoms with E-state index >= 15 is 0 Å². The Kier molecular flexibility index (Phi) is 3.31. The molecule has 1 heterocycles. The summed E-state index contributed by atoms with van der Waals surface area (Å²) in [6, 6.07) is 3.16. The zero-order valence-electron chi connectivity index (χ0n) is 8.81. The lowest BCUT2D eigenvalue weighted by molar-refractivity contribution is -0.135. The van der Waals surface area contributed by atoms with Crippen LogP contribution in [0.5, 0.6) is 0 Å². The Bertz CT molecular complexity index is 610. The molecule has 0 spiro atoms.